The molecule has 1 rings (SSSR count). The van der Waals surface area contributed by atoms with Crippen molar-refractivity contribution < 1.29 is 4.74 Å². The van der Waals surface area contributed by atoms with Crippen LogP contribution in [-0.4, -0.2) is 19.2 Å². The van der Waals surface area contributed by atoms with E-state index in [0.717, 1.165) is 25.3 Å². The fourth-order valence-corrected chi connectivity index (χ4v) is 1.72. The Morgan fingerprint density at radius 1 is 1.29 bits per heavy atom. The van der Waals surface area contributed by atoms with Gasteiger partial charge in [-0.25, -0.2) is 0 Å². The lowest BCUT2D eigenvalue weighted by molar-refractivity contribution is 0.192. The van der Waals surface area contributed by atoms with E-state index in [1.807, 2.05) is 24.3 Å². The van der Waals surface area contributed by atoms with Crippen molar-refractivity contribution in [1.82, 2.24) is 5.32 Å². The lowest BCUT2D eigenvalue weighted by Crippen LogP contribution is -2.32. The van der Waals surface area contributed by atoms with Crippen LogP contribution in [0.1, 0.15) is 27.2 Å². The molecule has 96 valence electrons. The summed E-state index contributed by atoms with van der Waals surface area (Å²) in [7, 11) is 0. The molecule has 0 aliphatic heterocycles. The molecule has 0 radical (unpaired) electrons. The van der Waals surface area contributed by atoms with Crippen molar-refractivity contribution in [3.63, 3.8) is 0 Å². The molecule has 1 aromatic carbocycles. The summed E-state index contributed by atoms with van der Waals surface area (Å²) in [6, 6.07) is 7.56. The molecule has 1 atom stereocenters. The van der Waals surface area contributed by atoms with Gasteiger partial charge in [-0.05, 0) is 37.1 Å². The maximum Gasteiger partial charge on any atom is 0.121 e. The minimum absolute atomic E-state index is 0.201. The Kier molecular flexibility index (Phi) is 6.38. The highest BCUT2D eigenvalue weighted by Crippen LogP contribution is 2.18. The molecule has 3 heteroatoms. The predicted molar refractivity (Wildman–Crippen MR) is 73.9 cm³/mol. The first-order valence-electron chi connectivity index (χ1n) is 6.24. The number of halogens is 1. The standard InChI is InChI=1S/C14H22ClNO/c1-4-13(10-16-9-11(2)3)17-14-7-5-6-12(15)8-14/h5-8,11,13,16H,4,9-10H2,1-3H3. The fraction of sp³-hybridized carbons (Fsp3) is 0.571. The first-order valence-corrected chi connectivity index (χ1v) is 6.62. The number of hydrogen-bond donors (Lipinski definition) is 1. The molecule has 1 aromatic rings. The average Bonchev–Trinajstić information content (AvgIpc) is 2.27. The number of benzene rings is 1. The van der Waals surface area contributed by atoms with Crippen LogP contribution in [0.25, 0.3) is 0 Å². The Morgan fingerprint density at radius 3 is 2.65 bits per heavy atom. The van der Waals surface area contributed by atoms with Gasteiger partial charge in [-0.3, -0.25) is 0 Å². The summed E-state index contributed by atoms with van der Waals surface area (Å²) in [5.41, 5.74) is 0. The van der Waals surface area contributed by atoms with Gasteiger partial charge in [0.2, 0.25) is 0 Å². The quantitative estimate of drug-likeness (QED) is 0.801. The van der Waals surface area contributed by atoms with E-state index in [1.54, 1.807) is 0 Å². The molecule has 1 unspecified atom stereocenters. The third-order valence-corrected chi connectivity index (χ3v) is 2.71. The molecular formula is C14H22ClNO. The van der Waals surface area contributed by atoms with Gasteiger partial charge in [0.05, 0.1) is 0 Å². The Hall–Kier alpha value is -0.730. The monoisotopic (exact) mass is 255 g/mol. The highest BCUT2D eigenvalue weighted by atomic mass is 35.5. The summed E-state index contributed by atoms with van der Waals surface area (Å²) in [4.78, 5) is 0. The number of nitrogens with one attached hydrogen (secondary N) is 1. The summed E-state index contributed by atoms with van der Waals surface area (Å²) in [5, 5.41) is 4.13. The van der Waals surface area contributed by atoms with Crippen LogP contribution >= 0.6 is 11.6 Å². The van der Waals surface area contributed by atoms with Crippen LogP contribution in [-0.2, 0) is 0 Å². The van der Waals surface area contributed by atoms with Crippen LogP contribution < -0.4 is 10.1 Å². The van der Waals surface area contributed by atoms with Crippen LogP contribution in [0.15, 0.2) is 24.3 Å². The molecule has 0 spiro atoms. The van der Waals surface area contributed by atoms with E-state index in [4.69, 9.17) is 16.3 Å². The summed E-state index contributed by atoms with van der Waals surface area (Å²) < 4.78 is 5.88. The minimum atomic E-state index is 0.201. The van der Waals surface area contributed by atoms with E-state index >= 15 is 0 Å². The van der Waals surface area contributed by atoms with Crippen LogP contribution in [0.4, 0.5) is 0 Å². The zero-order chi connectivity index (χ0) is 12.7. The Labute approximate surface area is 109 Å². The van der Waals surface area contributed by atoms with E-state index in [1.165, 1.54) is 0 Å². The van der Waals surface area contributed by atoms with Crippen LogP contribution in [0.5, 0.6) is 5.75 Å². The largest absolute Gasteiger partial charge is 0.489 e. The molecule has 1 N–H and O–H groups in total. The summed E-state index contributed by atoms with van der Waals surface area (Å²) in [6.45, 7) is 8.43. The zero-order valence-electron chi connectivity index (χ0n) is 10.9. The SMILES string of the molecule is CCC(CNCC(C)C)Oc1cccc(Cl)c1. The summed E-state index contributed by atoms with van der Waals surface area (Å²) >= 11 is 5.92. The molecule has 2 nitrogen and oxygen atoms in total. The second-order valence-corrected chi connectivity index (χ2v) is 5.09. The predicted octanol–water partition coefficient (Wildman–Crippen LogP) is 3.74. The lowest BCUT2D eigenvalue weighted by Gasteiger charge is -2.19. The molecule has 17 heavy (non-hydrogen) atoms. The van der Waals surface area contributed by atoms with Crippen molar-refractivity contribution in [2.24, 2.45) is 5.92 Å². The number of rotatable bonds is 7. The van der Waals surface area contributed by atoms with E-state index in [2.05, 4.69) is 26.1 Å². The number of ether oxygens (including phenoxy) is 1. The molecule has 0 aliphatic carbocycles. The van der Waals surface area contributed by atoms with Crippen molar-refractivity contribution in [3.8, 4) is 5.75 Å². The third-order valence-electron chi connectivity index (χ3n) is 2.48. The van der Waals surface area contributed by atoms with Crippen LogP contribution in [0.2, 0.25) is 5.02 Å². The van der Waals surface area contributed by atoms with E-state index < -0.39 is 0 Å². The maximum absolute atomic E-state index is 5.92. The third kappa shape index (κ3) is 5.94. The molecular weight excluding hydrogens is 234 g/mol. The van der Waals surface area contributed by atoms with Crippen molar-refractivity contribution in [3.05, 3.63) is 29.3 Å². The van der Waals surface area contributed by atoms with Gasteiger partial charge in [0.25, 0.3) is 0 Å². The van der Waals surface area contributed by atoms with Crippen LogP contribution in [0, 0.1) is 5.92 Å². The van der Waals surface area contributed by atoms with Gasteiger partial charge in [-0.1, -0.05) is 38.4 Å². The van der Waals surface area contributed by atoms with Crippen LogP contribution in [0.3, 0.4) is 0 Å². The molecule has 0 saturated heterocycles. The molecule has 0 fully saturated rings. The smallest absolute Gasteiger partial charge is 0.121 e. The molecule has 0 aromatic heterocycles. The van der Waals surface area contributed by atoms with E-state index in [0.29, 0.717) is 10.9 Å². The highest BCUT2D eigenvalue weighted by Gasteiger charge is 2.08. The van der Waals surface area contributed by atoms with E-state index in [9.17, 15) is 0 Å². The average molecular weight is 256 g/mol. The van der Waals surface area contributed by atoms with E-state index in [-0.39, 0.29) is 6.10 Å². The summed E-state index contributed by atoms with van der Waals surface area (Å²) in [6.07, 6.45) is 1.18. The minimum Gasteiger partial charge on any atom is -0.489 e. The van der Waals surface area contributed by atoms with Crippen molar-refractivity contribution in [2.45, 2.75) is 33.3 Å². The van der Waals surface area contributed by atoms with Crippen molar-refractivity contribution in [1.29, 1.82) is 0 Å². The highest BCUT2D eigenvalue weighted by molar-refractivity contribution is 6.30. The zero-order valence-corrected chi connectivity index (χ0v) is 11.6. The first-order chi connectivity index (χ1) is 8.11. The van der Waals surface area contributed by atoms with Gasteiger partial charge in [0.1, 0.15) is 11.9 Å². The summed E-state index contributed by atoms with van der Waals surface area (Å²) in [5.74, 6) is 1.51. The second-order valence-electron chi connectivity index (χ2n) is 4.66. The Morgan fingerprint density at radius 2 is 2.06 bits per heavy atom. The van der Waals surface area contributed by atoms with Gasteiger partial charge in [0, 0.05) is 11.6 Å². The van der Waals surface area contributed by atoms with Gasteiger partial charge in [-0.15, -0.1) is 0 Å². The Bertz CT molecular complexity index is 328. The molecule has 0 aliphatic rings. The first kappa shape index (κ1) is 14.3. The molecule has 0 amide bonds. The normalized spacial score (nSPS) is 12.8. The number of hydrogen-bond acceptors (Lipinski definition) is 2. The van der Waals surface area contributed by atoms with Crippen molar-refractivity contribution in [2.75, 3.05) is 13.1 Å². The van der Waals surface area contributed by atoms with Crippen molar-refractivity contribution >= 4 is 11.6 Å². The topological polar surface area (TPSA) is 21.3 Å². The van der Waals surface area contributed by atoms with Gasteiger partial charge >= 0.3 is 0 Å². The fourth-order valence-electron chi connectivity index (χ4n) is 1.54. The maximum atomic E-state index is 5.92. The second kappa shape index (κ2) is 7.57. The van der Waals surface area contributed by atoms with Gasteiger partial charge in [0.15, 0.2) is 0 Å². The Balaban J connectivity index is 2.41. The molecule has 0 heterocycles. The lowest BCUT2D eigenvalue weighted by atomic mass is 10.2. The van der Waals surface area contributed by atoms with Gasteiger partial charge in [-0.2, -0.15) is 0 Å². The molecule has 0 saturated carbocycles. The molecule has 0 bridgehead atoms. The van der Waals surface area contributed by atoms with Gasteiger partial charge < -0.3 is 10.1 Å².